The molecule has 0 spiro atoms. The van der Waals surface area contributed by atoms with Gasteiger partial charge in [0.15, 0.2) is 12.3 Å². The number of carbonyl (C=O) groups is 1. The summed E-state index contributed by atoms with van der Waals surface area (Å²) in [6.45, 7) is -0.467. The summed E-state index contributed by atoms with van der Waals surface area (Å²) in [5.74, 6) is 0. The molecule has 5 atom stereocenters. The number of amides is 2. The molecule has 134 valence electrons. The van der Waals surface area contributed by atoms with Gasteiger partial charge in [-0.3, -0.25) is 4.90 Å². The fourth-order valence-electron chi connectivity index (χ4n) is 2.58. The summed E-state index contributed by atoms with van der Waals surface area (Å²) in [7, 11) is -0.579. The summed E-state index contributed by atoms with van der Waals surface area (Å²) < 4.78 is 38.1. The number of nitrogens with one attached hydrogen (secondary N) is 1. The van der Waals surface area contributed by atoms with Crippen LogP contribution in [0.4, 0.5) is 4.79 Å². The number of urea groups is 1. The van der Waals surface area contributed by atoms with Gasteiger partial charge in [0, 0.05) is 20.3 Å². The van der Waals surface area contributed by atoms with Crippen LogP contribution in [0.15, 0.2) is 17.3 Å². The minimum atomic E-state index is -4.17. The number of hydrogen-bond acceptors (Lipinski definition) is 8. The number of fused-ring (bicyclic) bond motifs is 1. The Morgan fingerprint density at radius 3 is 2.75 bits per heavy atom. The van der Waals surface area contributed by atoms with Gasteiger partial charge in [-0.1, -0.05) is 0 Å². The largest absolute Gasteiger partial charge is 0.400 e. The highest BCUT2D eigenvalue weighted by atomic mass is 32.3. The van der Waals surface area contributed by atoms with E-state index >= 15 is 0 Å². The van der Waals surface area contributed by atoms with Crippen LogP contribution in [0.1, 0.15) is 0 Å². The Bertz CT molecular complexity index is 664. The van der Waals surface area contributed by atoms with Gasteiger partial charge in [0.1, 0.15) is 18.4 Å². The molecule has 3 unspecified atom stereocenters. The van der Waals surface area contributed by atoms with Gasteiger partial charge in [-0.25, -0.2) is 18.2 Å². The molecular formula is C12H18N4O7S. The van der Waals surface area contributed by atoms with Gasteiger partial charge >= 0.3 is 16.4 Å². The highest BCUT2D eigenvalue weighted by molar-refractivity contribution is 7.82. The number of aliphatic imine (C=N–C) groups is 1. The molecule has 0 aromatic rings. The molecule has 0 radical (unpaired) electrons. The molecule has 11 nitrogen and oxygen atoms in total. The predicted octanol–water partition coefficient (Wildman–Crippen LogP) is -1.81. The van der Waals surface area contributed by atoms with Crippen molar-refractivity contribution in [1.82, 2.24) is 15.1 Å². The molecule has 0 bridgehead atoms. The van der Waals surface area contributed by atoms with Crippen LogP contribution in [0, 0.1) is 0 Å². The van der Waals surface area contributed by atoms with Crippen LogP contribution in [-0.2, 0) is 23.5 Å². The van der Waals surface area contributed by atoms with Crippen LogP contribution in [0.3, 0.4) is 0 Å². The van der Waals surface area contributed by atoms with E-state index < -0.39 is 53.7 Å². The van der Waals surface area contributed by atoms with Crippen LogP contribution in [0.25, 0.3) is 0 Å². The number of aliphatic hydroxyl groups excluding tert-OH is 1. The topological polar surface area (TPSA) is 130 Å². The van der Waals surface area contributed by atoms with Crippen LogP contribution in [0.2, 0.25) is 0 Å². The molecule has 3 aliphatic rings. The van der Waals surface area contributed by atoms with Crippen LogP contribution in [-0.4, -0.2) is 87.1 Å². The average molecular weight is 362 g/mol. The Kier molecular flexibility index (Phi) is 4.48. The number of carbonyl (C=O) groups excluding carboxylic acids is 1. The SMILES string of the molecule is CN(C)C=NC1C=CN([C@@H]2O[C@H](CO)C3OS(=O)(=O)OC32)C(=O)N1. The summed E-state index contributed by atoms with van der Waals surface area (Å²) in [5, 5.41) is 11.9. The molecule has 3 rings (SSSR count). The van der Waals surface area contributed by atoms with Crippen molar-refractivity contribution in [3.05, 3.63) is 12.3 Å². The third-order valence-electron chi connectivity index (χ3n) is 3.59. The Balaban J connectivity index is 1.77. The Morgan fingerprint density at radius 1 is 1.42 bits per heavy atom. The van der Waals surface area contributed by atoms with Gasteiger partial charge < -0.3 is 20.1 Å². The molecule has 2 amide bonds. The molecule has 0 aromatic heterocycles. The van der Waals surface area contributed by atoms with E-state index in [1.54, 1.807) is 31.4 Å². The van der Waals surface area contributed by atoms with Crippen molar-refractivity contribution in [2.75, 3.05) is 20.7 Å². The fraction of sp³-hybridized carbons (Fsp3) is 0.667. The first-order chi connectivity index (χ1) is 11.3. The predicted molar refractivity (Wildman–Crippen MR) is 79.9 cm³/mol. The minimum absolute atomic E-state index is 0.467. The second-order valence-corrected chi connectivity index (χ2v) is 6.85. The van der Waals surface area contributed by atoms with Gasteiger partial charge in [-0.2, -0.15) is 8.42 Å². The first-order valence-corrected chi connectivity index (χ1v) is 8.49. The molecular weight excluding hydrogens is 344 g/mol. The molecule has 12 heteroatoms. The monoisotopic (exact) mass is 362 g/mol. The van der Waals surface area contributed by atoms with Crippen LogP contribution < -0.4 is 5.32 Å². The van der Waals surface area contributed by atoms with Crippen molar-refractivity contribution in [1.29, 1.82) is 0 Å². The third-order valence-corrected chi connectivity index (χ3v) is 4.51. The van der Waals surface area contributed by atoms with Crippen molar-refractivity contribution in [3.63, 3.8) is 0 Å². The Labute approximate surface area is 138 Å². The smallest absolute Gasteiger partial charge is 0.394 e. The lowest BCUT2D eigenvalue weighted by molar-refractivity contribution is -0.0679. The molecule has 0 aliphatic carbocycles. The van der Waals surface area contributed by atoms with E-state index in [1.165, 1.54) is 6.20 Å². The normalized spacial score (nSPS) is 37.7. The zero-order chi connectivity index (χ0) is 17.5. The number of ether oxygens (including phenoxy) is 1. The summed E-state index contributed by atoms with van der Waals surface area (Å²) in [6.07, 6.45) is 0.0340. The van der Waals surface area contributed by atoms with E-state index in [2.05, 4.69) is 10.3 Å². The molecule has 2 saturated heterocycles. The van der Waals surface area contributed by atoms with E-state index in [1.807, 2.05) is 0 Å². The van der Waals surface area contributed by atoms with Crippen LogP contribution >= 0.6 is 0 Å². The number of rotatable bonds is 4. The molecule has 24 heavy (non-hydrogen) atoms. The van der Waals surface area contributed by atoms with E-state index in [0.29, 0.717) is 0 Å². The lowest BCUT2D eigenvalue weighted by atomic mass is 10.1. The van der Waals surface area contributed by atoms with E-state index in [4.69, 9.17) is 13.1 Å². The maximum absolute atomic E-state index is 12.3. The minimum Gasteiger partial charge on any atom is -0.394 e. The lowest BCUT2D eigenvalue weighted by Gasteiger charge is -2.31. The van der Waals surface area contributed by atoms with Crippen molar-refractivity contribution >= 4 is 22.8 Å². The molecule has 2 fully saturated rings. The molecule has 2 N–H and O–H groups in total. The average Bonchev–Trinajstić information content (AvgIpc) is 2.98. The molecule has 3 heterocycles. The standard InChI is InChI=1S/C12H18N4O7S/c1-15(2)6-13-8-3-4-16(12(18)14-8)11-10-9(7(5-17)21-11)22-24(19,20)23-10/h3-4,6-11,17H,5H2,1-2H3,(H,14,18)/t7-,8?,9?,10?,11-/m1/s1. The van der Waals surface area contributed by atoms with Gasteiger partial charge in [0.05, 0.1) is 12.9 Å². The summed E-state index contributed by atoms with van der Waals surface area (Å²) in [4.78, 5) is 19.3. The van der Waals surface area contributed by atoms with E-state index in [-0.39, 0.29) is 0 Å². The van der Waals surface area contributed by atoms with Gasteiger partial charge in [0.25, 0.3) is 0 Å². The van der Waals surface area contributed by atoms with Gasteiger partial charge in [0.2, 0.25) is 0 Å². The summed E-state index contributed by atoms with van der Waals surface area (Å²) in [5.41, 5.74) is 0. The zero-order valence-electron chi connectivity index (χ0n) is 13.0. The second-order valence-electron chi connectivity index (χ2n) is 5.65. The molecule has 3 aliphatic heterocycles. The van der Waals surface area contributed by atoms with Crippen molar-refractivity contribution in [2.24, 2.45) is 4.99 Å². The van der Waals surface area contributed by atoms with Crippen molar-refractivity contribution in [3.8, 4) is 0 Å². The lowest BCUT2D eigenvalue weighted by Crippen LogP contribution is -2.52. The number of nitrogens with zero attached hydrogens (tertiary/aromatic N) is 3. The van der Waals surface area contributed by atoms with Crippen molar-refractivity contribution in [2.45, 2.75) is 30.7 Å². The fourth-order valence-corrected chi connectivity index (χ4v) is 3.60. The van der Waals surface area contributed by atoms with Gasteiger partial charge in [-0.05, 0) is 6.08 Å². The Hall–Kier alpha value is -1.73. The maximum atomic E-state index is 12.3. The number of hydrogen-bond donors (Lipinski definition) is 2. The second kappa shape index (κ2) is 6.29. The highest BCUT2D eigenvalue weighted by Crippen LogP contribution is 2.36. The van der Waals surface area contributed by atoms with Crippen molar-refractivity contribution < 1.29 is 31.4 Å². The first kappa shape index (κ1) is 17.1. The molecule has 0 saturated carbocycles. The quantitative estimate of drug-likeness (QED) is 0.442. The maximum Gasteiger partial charge on any atom is 0.400 e. The Morgan fingerprint density at radius 2 is 2.12 bits per heavy atom. The van der Waals surface area contributed by atoms with Gasteiger partial charge in [-0.15, -0.1) is 0 Å². The highest BCUT2D eigenvalue weighted by Gasteiger charge is 2.57. The summed E-state index contributed by atoms with van der Waals surface area (Å²) in [6, 6.07) is -0.534. The number of aliphatic hydroxyl groups is 1. The van der Waals surface area contributed by atoms with E-state index in [9.17, 15) is 18.3 Å². The summed E-state index contributed by atoms with van der Waals surface area (Å²) >= 11 is 0. The van der Waals surface area contributed by atoms with E-state index in [0.717, 1.165) is 4.90 Å². The van der Waals surface area contributed by atoms with Crippen LogP contribution in [0.5, 0.6) is 0 Å². The third kappa shape index (κ3) is 3.23. The zero-order valence-corrected chi connectivity index (χ0v) is 13.8. The molecule has 0 aromatic carbocycles. The first-order valence-electron chi connectivity index (χ1n) is 7.15.